The lowest BCUT2D eigenvalue weighted by molar-refractivity contribution is 0.449. The van der Waals surface area contributed by atoms with Crippen molar-refractivity contribution in [2.75, 3.05) is 5.73 Å². The van der Waals surface area contributed by atoms with Gasteiger partial charge in [-0.2, -0.15) is 0 Å². The van der Waals surface area contributed by atoms with Crippen molar-refractivity contribution in [2.24, 2.45) is 0 Å². The Bertz CT molecular complexity index is 599. The summed E-state index contributed by atoms with van der Waals surface area (Å²) in [6.45, 7) is 1.81. The molecule has 3 nitrogen and oxygen atoms in total. The summed E-state index contributed by atoms with van der Waals surface area (Å²) < 4.78 is 39.6. The van der Waals surface area contributed by atoms with E-state index in [9.17, 15) is 13.2 Å². The molecule has 0 saturated heterocycles. The van der Waals surface area contributed by atoms with Gasteiger partial charge in [0.2, 0.25) is 0 Å². The molecule has 0 aliphatic rings. The van der Waals surface area contributed by atoms with Gasteiger partial charge in [0, 0.05) is 18.1 Å². The van der Waals surface area contributed by atoms with Crippen LogP contribution in [0.3, 0.4) is 0 Å². The molecule has 1 aromatic heterocycles. The first-order valence-electron chi connectivity index (χ1n) is 5.30. The van der Waals surface area contributed by atoms with Crippen LogP contribution in [0.4, 0.5) is 19.0 Å². The van der Waals surface area contributed by atoms with E-state index in [2.05, 4.69) is 9.97 Å². The highest BCUT2D eigenvalue weighted by Gasteiger charge is 2.16. The molecule has 0 aliphatic carbocycles. The van der Waals surface area contributed by atoms with Crippen LogP contribution >= 0.6 is 0 Å². The van der Waals surface area contributed by atoms with Crippen LogP contribution in [0.2, 0.25) is 0 Å². The normalized spacial score (nSPS) is 10.7. The van der Waals surface area contributed by atoms with Crippen molar-refractivity contribution in [3.63, 3.8) is 0 Å². The van der Waals surface area contributed by atoms with Crippen molar-refractivity contribution in [3.8, 4) is 11.3 Å². The van der Waals surface area contributed by atoms with Gasteiger partial charge < -0.3 is 5.73 Å². The SMILES string of the molecule is CCc1nc(N)cc(-c2ccc(F)c(F)c2F)n1. The topological polar surface area (TPSA) is 51.8 Å². The van der Waals surface area contributed by atoms with Gasteiger partial charge in [0.1, 0.15) is 11.6 Å². The summed E-state index contributed by atoms with van der Waals surface area (Å²) in [7, 11) is 0. The molecule has 0 unspecified atom stereocenters. The van der Waals surface area contributed by atoms with Crippen LogP contribution in [0.1, 0.15) is 12.7 Å². The highest BCUT2D eigenvalue weighted by Crippen LogP contribution is 2.25. The predicted octanol–water partition coefficient (Wildman–Crippen LogP) is 2.71. The molecule has 2 rings (SSSR count). The van der Waals surface area contributed by atoms with E-state index >= 15 is 0 Å². The van der Waals surface area contributed by atoms with Crippen LogP contribution in [0, 0.1) is 17.5 Å². The molecule has 1 aromatic carbocycles. The van der Waals surface area contributed by atoms with Gasteiger partial charge in [0.05, 0.1) is 5.69 Å². The highest BCUT2D eigenvalue weighted by atomic mass is 19.2. The van der Waals surface area contributed by atoms with Crippen LogP contribution in [-0.4, -0.2) is 9.97 Å². The third-order valence-electron chi connectivity index (χ3n) is 2.42. The minimum absolute atomic E-state index is 0.135. The molecular weight excluding hydrogens is 243 g/mol. The molecule has 18 heavy (non-hydrogen) atoms. The zero-order valence-electron chi connectivity index (χ0n) is 9.54. The Morgan fingerprint density at radius 3 is 2.50 bits per heavy atom. The third kappa shape index (κ3) is 2.13. The van der Waals surface area contributed by atoms with E-state index in [0.29, 0.717) is 12.2 Å². The first-order chi connectivity index (χ1) is 8.52. The molecule has 2 N–H and O–H groups in total. The predicted molar refractivity (Wildman–Crippen MR) is 61.1 cm³/mol. The summed E-state index contributed by atoms with van der Waals surface area (Å²) in [5.74, 6) is -3.48. The van der Waals surface area contributed by atoms with Crippen molar-refractivity contribution in [1.29, 1.82) is 0 Å². The van der Waals surface area contributed by atoms with E-state index < -0.39 is 17.5 Å². The lowest BCUT2D eigenvalue weighted by Crippen LogP contribution is -2.02. The van der Waals surface area contributed by atoms with Crippen LogP contribution in [0.15, 0.2) is 18.2 Å². The fourth-order valence-corrected chi connectivity index (χ4v) is 1.54. The average molecular weight is 253 g/mol. The Hall–Kier alpha value is -2.11. The Kier molecular flexibility index (Phi) is 3.18. The summed E-state index contributed by atoms with van der Waals surface area (Å²) in [6.07, 6.45) is 0.503. The van der Waals surface area contributed by atoms with Crippen molar-refractivity contribution in [3.05, 3.63) is 41.5 Å². The minimum atomic E-state index is -1.53. The highest BCUT2D eigenvalue weighted by molar-refractivity contribution is 5.62. The zero-order valence-corrected chi connectivity index (χ0v) is 9.54. The molecule has 0 saturated carbocycles. The number of rotatable bonds is 2. The fourth-order valence-electron chi connectivity index (χ4n) is 1.54. The zero-order chi connectivity index (χ0) is 13.3. The maximum absolute atomic E-state index is 13.6. The molecular formula is C12H10F3N3. The lowest BCUT2D eigenvalue weighted by Gasteiger charge is -2.06. The van der Waals surface area contributed by atoms with Gasteiger partial charge in [-0.15, -0.1) is 0 Å². The Labute approximate surface area is 101 Å². The summed E-state index contributed by atoms with van der Waals surface area (Å²) in [6, 6.07) is 3.28. The standard InChI is InChI=1S/C12H10F3N3/c1-2-10-17-8(5-9(16)18-10)6-3-4-7(13)12(15)11(6)14/h3-5H,2H2,1H3,(H2,16,17,18). The second-order valence-corrected chi connectivity index (χ2v) is 3.67. The number of hydrogen-bond donors (Lipinski definition) is 1. The number of nitrogens with zero attached hydrogens (tertiary/aromatic N) is 2. The maximum Gasteiger partial charge on any atom is 0.195 e. The first-order valence-corrected chi connectivity index (χ1v) is 5.30. The van der Waals surface area contributed by atoms with E-state index in [1.807, 2.05) is 0 Å². The van der Waals surface area contributed by atoms with Crippen molar-refractivity contribution in [1.82, 2.24) is 9.97 Å². The fraction of sp³-hybridized carbons (Fsp3) is 0.167. The van der Waals surface area contributed by atoms with E-state index in [1.165, 1.54) is 6.07 Å². The van der Waals surface area contributed by atoms with Gasteiger partial charge in [-0.05, 0) is 12.1 Å². The Morgan fingerprint density at radius 2 is 1.83 bits per heavy atom. The second-order valence-electron chi connectivity index (χ2n) is 3.67. The third-order valence-corrected chi connectivity index (χ3v) is 2.42. The number of benzene rings is 1. The Morgan fingerprint density at radius 1 is 1.11 bits per heavy atom. The van der Waals surface area contributed by atoms with Crippen LogP contribution in [0.25, 0.3) is 11.3 Å². The number of hydrogen-bond acceptors (Lipinski definition) is 3. The average Bonchev–Trinajstić information content (AvgIpc) is 2.35. The van der Waals surface area contributed by atoms with Crippen LogP contribution in [0.5, 0.6) is 0 Å². The van der Waals surface area contributed by atoms with E-state index in [4.69, 9.17) is 5.73 Å². The molecule has 0 fully saturated rings. The molecule has 0 radical (unpaired) electrons. The lowest BCUT2D eigenvalue weighted by atomic mass is 10.1. The molecule has 0 bridgehead atoms. The smallest absolute Gasteiger partial charge is 0.195 e. The molecule has 0 aliphatic heterocycles. The van der Waals surface area contributed by atoms with Crippen molar-refractivity contribution < 1.29 is 13.2 Å². The van der Waals surface area contributed by atoms with Crippen molar-refractivity contribution >= 4 is 5.82 Å². The number of nitrogen functional groups attached to an aromatic ring is 1. The minimum Gasteiger partial charge on any atom is -0.384 e. The molecule has 1 heterocycles. The summed E-state index contributed by atoms with van der Waals surface area (Å²) >= 11 is 0. The first kappa shape index (κ1) is 12.3. The molecule has 2 aromatic rings. The van der Waals surface area contributed by atoms with Gasteiger partial charge in [0.25, 0.3) is 0 Å². The van der Waals surface area contributed by atoms with Gasteiger partial charge in [0.15, 0.2) is 17.5 Å². The summed E-state index contributed by atoms with van der Waals surface area (Å²) in [5, 5.41) is 0. The summed E-state index contributed by atoms with van der Waals surface area (Å²) in [5.41, 5.74) is 5.54. The molecule has 0 atom stereocenters. The van der Waals surface area contributed by atoms with Crippen LogP contribution in [-0.2, 0) is 6.42 Å². The Balaban J connectivity index is 2.62. The molecule has 6 heteroatoms. The maximum atomic E-state index is 13.6. The monoisotopic (exact) mass is 253 g/mol. The van der Waals surface area contributed by atoms with E-state index in [1.54, 1.807) is 6.92 Å². The second kappa shape index (κ2) is 4.64. The molecule has 94 valence electrons. The van der Waals surface area contributed by atoms with Crippen LogP contribution < -0.4 is 5.73 Å². The van der Waals surface area contributed by atoms with Crippen molar-refractivity contribution in [2.45, 2.75) is 13.3 Å². The van der Waals surface area contributed by atoms with Gasteiger partial charge in [-0.3, -0.25) is 0 Å². The number of aromatic nitrogens is 2. The molecule has 0 amide bonds. The number of halogens is 3. The molecule has 0 spiro atoms. The van der Waals surface area contributed by atoms with Gasteiger partial charge in [-0.25, -0.2) is 23.1 Å². The largest absolute Gasteiger partial charge is 0.384 e. The number of aryl methyl sites for hydroxylation is 1. The van der Waals surface area contributed by atoms with Gasteiger partial charge >= 0.3 is 0 Å². The van der Waals surface area contributed by atoms with E-state index in [-0.39, 0.29) is 17.1 Å². The van der Waals surface area contributed by atoms with E-state index in [0.717, 1.165) is 12.1 Å². The van der Waals surface area contributed by atoms with Gasteiger partial charge in [-0.1, -0.05) is 6.92 Å². The summed E-state index contributed by atoms with van der Waals surface area (Å²) in [4.78, 5) is 7.96. The number of nitrogens with two attached hydrogens (primary N) is 1. The quantitative estimate of drug-likeness (QED) is 0.837. The number of anilines is 1.